The minimum atomic E-state index is 0.796. The quantitative estimate of drug-likeness (QED) is 0.692. The van der Waals surface area contributed by atoms with E-state index in [4.69, 9.17) is 0 Å². The Morgan fingerprint density at radius 1 is 1.11 bits per heavy atom. The van der Waals surface area contributed by atoms with Gasteiger partial charge in [-0.05, 0) is 47.3 Å². The molecule has 102 valence electrons. The van der Waals surface area contributed by atoms with Crippen molar-refractivity contribution in [1.29, 1.82) is 0 Å². The number of anilines is 2. The Balaban J connectivity index is 2.37. The predicted octanol–water partition coefficient (Wildman–Crippen LogP) is 1.97. The van der Waals surface area contributed by atoms with Crippen molar-refractivity contribution in [3.05, 3.63) is 11.9 Å². The monoisotopic (exact) mass is 251 g/mol. The molecule has 1 aromatic rings. The molecule has 0 saturated heterocycles. The molecule has 0 aliphatic heterocycles. The van der Waals surface area contributed by atoms with Gasteiger partial charge in [-0.15, -0.1) is 0 Å². The van der Waals surface area contributed by atoms with Gasteiger partial charge in [0.25, 0.3) is 0 Å². The van der Waals surface area contributed by atoms with Gasteiger partial charge in [-0.25, -0.2) is 9.97 Å². The van der Waals surface area contributed by atoms with Crippen molar-refractivity contribution in [2.75, 3.05) is 44.4 Å². The fraction of sp³-hybridized carbons (Fsp3) is 0.692. The lowest BCUT2D eigenvalue weighted by atomic mass is 10.3. The summed E-state index contributed by atoms with van der Waals surface area (Å²) in [5.41, 5.74) is 0. The van der Waals surface area contributed by atoms with Crippen LogP contribution in [0.1, 0.15) is 25.6 Å². The molecule has 1 aromatic heterocycles. The van der Waals surface area contributed by atoms with Gasteiger partial charge >= 0.3 is 0 Å². The van der Waals surface area contributed by atoms with Gasteiger partial charge in [0.05, 0.1) is 0 Å². The Morgan fingerprint density at radius 2 is 1.78 bits per heavy atom. The number of nitrogens with zero attached hydrogens (tertiary/aromatic N) is 3. The highest BCUT2D eigenvalue weighted by atomic mass is 15.1. The van der Waals surface area contributed by atoms with Crippen LogP contribution in [-0.2, 0) is 0 Å². The third kappa shape index (κ3) is 5.82. The lowest BCUT2D eigenvalue weighted by Gasteiger charge is -2.11. The highest BCUT2D eigenvalue weighted by molar-refractivity contribution is 5.47. The first-order chi connectivity index (χ1) is 8.61. The minimum absolute atomic E-state index is 0.796. The Bertz CT molecular complexity index is 351. The summed E-state index contributed by atoms with van der Waals surface area (Å²) < 4.78 is 0. The van der Waals surface area contributed by atoms with Crippen LogP contribution in [0.4, 0.5) is 11.6 Å². The first kappa shape index (κ1) is 14.7. The lowest BCUT2D eigenvalue weighted by Crippen LogP contribution is -2.14. The normalized spacial score (nSPS) is 10.7. The van der Waals surface area contributed by atoms with E-state index < -0.39 is 0 Å². The zero-order valence-electron chi connectivity index (χ0n) is 12.0. The first-order valence-electron chi connectivity index (χ1n) is 6.60. The molecule has 0 unspecified atom stereocenters. The van der Waals surface area contributed by atoms with Gasteiger partial charge < -0.3 is 15.5 Å². The summed E-state index contributed by atoms with van der Waals surface area (Å²) in [5, 5.41) is 6.56. The molecule has 18 heavy (non-hydrogen) atoms. The van der Waals surface area contributed by atoms with Gasteiger partial charge in [-0.2, -0.15) is 0 Å². The van der Waals surface area contributed by atoms with Crippen LogP contribution in [0.15, 0.2) is 6.07 Å². The second-order valence-electron chi connectivity index (χ2n) is 4.65. The predicted molar refractivity (Wildman–Crippen MR) is 77.2 cm³/mol. The molecule has 5 nitrogen and oxygen atoms in total. The van der Waals surface area contributed by atoms with Crippen LogP contribution < -0.4 is 10.6 Å². The zero-order chi connectivity index (χ0) is 13.4. The van der Waals surface area contributed by atoms with Crippen molar-refractivity contribution in [1.82, 2.24) is 14.9 Å². The average Bonchev–Trinajstić information content (AvgIpc) is 2.28. The number of aromatic nitrogens is 2. The fourth-order valence-corrected chi connectivity index (χ4v) is 1.70. The Morgan fingerprint density at radius 3 is 2.39 bits per heavy atom. The maximum atomic E-state index is 4.38. The molecule has 0 aliphatic rings. The number of rotatable bonds is 8. The SMILES string of the molecule is CCNc1cc(NCCCCN(C)C)nc(C)n1. The van der Waals surface area contributed by atoms with Gasteiger partial charge in [0.15, 0.2) is 0 Å². The molecule has 0 spiro atoms. The van der Waals surface area contributed by atoms with Crippen LogP contribution in [0, 0.1) is 6.92 Å². The standard InChI is InChI=1S/C13H25N5/c1-5-14-12-10-13(17-11(2)16-12)15-8-6-7-9-18(3)4/h10H,5-9H2,1-4H3,(H2,14,15,16,17). The number of aryl methyl sites for hydroxylation is 1. The topological polar surface area (TPSA) is 53.1 Å². The molecular weight excluding hydrogens is 226 g/mol. The molecule has 0 radical (unpaired) electrons. The van der Waals surface area contributed by atoms with Crippen molar-refractivity contribution in [3.63, 3.8) is 0 Å². The largest absolute Gasteiger partial charge is 0.370 e. The van der Waals surface area contributed by atoms with Crippen LogP contribution >= 0.6 is 0 Å². The van der Waals surface area contributed by atoms with E-state index in [0.717, 1.165) is 43.5 Å². The van der Waals surface area contributed by atoms with Crippen LogP contribution in [0.3, 0.4) is 0 Å². The van der Waals surface area contributed by atoms with Gasteiger partial charge in [0.2, 0.25) is 0 Å². The van der Waals surface area contributed by atoms with Crippen LogP contribution in [0.5, 0.6) is 0 Å². The minimum Gasteiger partial charge on any atom is -0.370 e. The summed E-state index contributed by atoms with van der Waals surface area (Å²) in [4.78, 5) is 10.9. The van der Waals surface area contributed by atoms with E-state index in [1.807, 2.05) is 13.0 Å². The molecule has 5 heteroatoms. The van der Waals surface area contributed by atoms with Crippen molar-refractivity contribution in [3.8, 4) is 0 Å². The van der Waals surface area contributed by atoms with Crippen LogP contribution in [-0.4, -0.2) is 48.6 Å². The Hall–Kier alpha value is -1.36. The summed E-state index contributed by atoms with van der Waals surface area (Å²) >= 11 is 0. The second kappa shape index (κ2) is 7.87. The van der Waals surface area contributed by atoms with Crippen LogP contribution in [0.2, 0.25) is 0 Å². The molecule has 2 N–H and O–H groups in total. The van der Waals surface area contributed by atoms with Gasteiger partial charge in [0, 0.05) is 19.2 Å². The summed E-state index contributed by atoms with van der Waals surface area (Å²) in [5.74, 6) is 2.59. The number of hydrogen-bond donors (Lipinski definition) is 2. The summed E-state index contributed by atoms with van der Waals surface area (Å²) in [7, 11) is 4.20. The lowest BCUT2D eigenvalue weighted by molar-refractivity contribution is 0.396. The molecule has 0 aliphatic carbocycles. The molecule has 0 amide bonds. The Labute approximate surface area is 110 Å². The number of unbranched alkanes of at least 4 members (excludes halogenated alkanes) is 1. The van der Waals surface area contributed by atoms with Gasteiger partial charge in [-0.1, -0.05) is 0 Å². The second-order valence-corrected chi connectivity index (χ2v) is 4.65. The van der Waals surface area contributed by atoms with E-state index in [1.165, 1.54) is 6.42 Å². The van der Waals surface area contributed by atoms with Gasteiger partial charge in [-0.3, -0.25) is 0 Å². The maximum Gasteiger partial charge on any atom is 0.131 e. The smallest absolute Gasteiger partial charge is 0.131 e. The van der Waals surface area contributed by atoms with E-state index in [0.29, 0.717) is 0 Å². The van der Waals surface area contributed by atoms with Crippen LogP contribution in [0.25, 0.3) is 0 Å². The maximum absolute atomic E-state index is 4.38. The highest BCUT2D eigenvalue weighted by Gasteiger charge is 2.00. The number of nitrogens with one attached hydrogen (secondary N) is 2. The van der Waals surface area contributed by atoms with Gasteiger partial charge in [0.1, 0.15) is 17.5 Å². The third-order valence-corrected chi connectivity index (χ3v) is 2.53. The molecule has 1 heterocycles. The summed E-state index contributed by atoms with van der Waals surface area (Å²) in [6.45, 7) is 6.94. The highest BCUT2D eigenvalue weighted by Crippen LogP contribution is 2.10. The zero-order valence-corrected chi connectivity index (χ0v) is 12.0. The third-order valence-electron chi connectivity index (χ3n) is 2.53. The first-order valence-corrected chi connectivity index (χ1v) is 6.60. The Kier molecular flexibility index (Phi) is 6.43. The fourth-order valence-electron chi connectivity index (χ4n) is 1.70. The van der Waals surface area contributed by atoms with E-state index in [9.17, 15) is 0 Å². The van der Waals surface area contributed by atoms with Crippen molar-refractivity contribution in [2.45, 2.75) is 26.7 Å². The molecule has 0 bridgehead atoms. The summed E-state index contributed by atoms with van der Waals surface area (Å²) in [6, 6.07) is 1.96. The summed E-state index contributed by atoms with van der Waals surface area (Å²) in [6.07, 6.45) is 2.35. The molecule has 0 fully saturated rings. The molecule has 0 aromatic carbocycles. The van der Waals surface area contributed by atoms with Crippen molar-refractivity contribution < 1.29 is 0 Å². The molecular formula is C13H25N5. The molecule has 0 atom stereocenters. The van der Waals surface area contributed by atoms with E-state index in [-0.39, 0.29) is 0 Å². The van der Waals surface area contributed by atoms with E-state index in [2.05, 4.69) is 46.5 Å². The van der Waals surface area contributed by atoms with E-state index in [1.54, 1.807) is 0 Å². The number of hydrogen-bond acceptors (Lipinski definition) is 5. The average molecular weight is 251 g/mol. The molecule has 0 saturated carbocycles. The molecule has 1 rings (SSSR count). The van der Waals surface area contributed by atoms with E-state index >= 15 is 0 Å². The van der Waals surface area contributed by atoms with Crippen molar-refractivity contribution >= 4 is 11.6 Å². The van der Waals surface area contributed by atoms with Crippen molar-refractivity contribution in [2.24, 2.45) is 0 Å².